The Morgan fingerprint density at radius 3 is 2.28 bits per heavy atom. The van der Waals surface area contributed by atoms with Crippen molar-refractivity contribution in [2.24, 2.45) is 0 Å². The highest BCUT2D eigenvalue weighted by molar-refractivity contribution is 5.83. The van der Waals surface area contributed by atoms with Crippen LogP contribution in [0, 0.1) is 0 Å². The Labute approximate surface area is 143 Å². The number of ether oxygens (including phenoxy) is 2. The molecule has 2 aromatic heterocycles. The maximum Gasteiger partial charge on any atom is 0.249 e. The number of hydrogen-bond donors (Lipinski definition) is 1. The van der Waals surface area contributed by atoms with Crippen LogP contribution in [0.5, 0.6) is 23.3 Å². The topological polar surface area (TPSA) is 83.2 Å². The molecule has 0 atom stereocenters. The van der Waals surface area contributed by atoms with E-state index in [-0.39, 0.29) is 17.4 Å². The zero-order valence-corrected chi connectivity index (χ0v) is 13.2. The molecule has 122 valence electrons. The number of nitrogens with two attached hydrogens (primary N) is 1. The monoisotopic (exact) mass is 330 g/mol. The Hall–Kier alpha value is -3.67. The molecule has 0 saturated carbocycles. The zero-order valence-electron chi connectivity index (χ0n) is 13.2. The number of fused-ring (bicyclic) bond motifs is 1. The minimum Gasteiger partial charge on any atom is -0.437 e. The zero-order chi connectivity index (χ0) is 17.1. The van der Waals surface area contributed by atoms with Crippen LogP contribution in [0.4, 0.5) is 5.69 Å². The minimum absolute atomic E-state index is 0.221. The molecule has 6 nitrogen and oxygen atoms in total. The van der Waals surface area contributed by atoms with Gasteiger partial charge in [0.2, 0.25) is 11.8 Å². The van der Waals surface area contributed by atoms with Crippen molar-refractivity contribution in [1.82, 2.24) is 15.0 Å². The largest absolute Gasteiger partial charge is 0.437 e. The normalized spacial score (nSPS) is 10.6. The Morgan fingerprint density at radius 2 is 1.52 bits per heavy atom. The van der Waals surface area contributed by atoms with E-state index in [0.717, 1.165) is 10.8 Å². The summed E-state index contributed by atoms with van der Waals surface area (Å²) in [5, 5.41) is 2.20. The molecule has 25 heavy (non-hydrogen) atoms. The Morgan fingerprint density at radius 1 is 0.760 bits per heavy atom. The molecule has 0 saturated heterocycles. The Balaban J connectivity index is 1.62. The fourth-order valence-corrected chi connectivity index (χ4v) is 2.39. The lowest BCUT2D eigenvalue weighted by atomic mass is 10.1. The van der Waals surface area contributed by atoms with Gasteiger partial charge in [-0.15, -0.1) is 0 Å². The van der Waals surface area contributed by atoms with Gasteiger partial charge in [0.1, 0.15) is 17.8 Å². The van der Waals surface area contributed by atoms with E-state index in [2.05, 4.69) is 15.0 Å². The van der Waals surface area contributed by atoms with Crippen molar-refractivity contribution in [1.29, 1.82) is 0 Å². The lowest BCUT2D eigenvalue weighted by Crippen LogP contribution is -2.00. The molecule has 4 aromatic rings. The van der Waals surface area contributed by atoms with E-state index in [1.807, 2.05) is 42.5 Å². The first-order valence-corrected chi connectivity index (χ1v) is 7.64. The Kier molecular flexibility index (Phi) is 3.84. The van der Waals surface area contributed by atoms with Crippen LogP contribution >= 0.6 is 0 Å². The van der Waals surface area contributed by atoms with Gasteiger partial charge in [0.25, 0.3) is 0 Å². The summed E-state index contributed by atoms with van der Waals surface area (Å²) in [6.45, 7) is 0. The Bertz CT molecular complexity index is 1020. The maximum absolute atomic E-state index is 6.10. The number of nitrogen functional groups attached to an aromatic ring is 1. The van der Waals surface area contributed by atoms with Crippen LogP contribution in [-0.4, -0.2) is 15.0 Å². The average molecular weight is 330 g/mol. The van der Waals surface area contributed by atoms with Gasteiger partial charge in [0, 0.05) is 6.20 Å². The molecule has 4 rings (SSSR count). The molecule has 0 aliphatic carbocycles. The molecule has 2 N–H and O–H groups in total. The smallest absolute Gasteiger partial charge is 0.249 e. The maximum atomic E-state index is 6.10. The number of benzene rings is 2. The van der Waals surface area contributed by atoms with Crippen LogP contribution in [0.2, 0.25) is 0 Å². The van der Waals surface area contributed by atoms with Crippen molar-refractivity contribution in [2.75, 3.05) is 5.73 Å². The van der Waals surface area contributed by atoms with Gasteiger partial charge in [-0.3, -0.25) is 4.98 Å². The van der Waals surface area contributed by atoms with Gasteiger partial charge in [-0.25, -0.2) is 0 Å². The molecule has 0 amide bonds. The van der Waals surface area contributed by atoms with Crippen LogP contribution in [-0.2, 0) is 0 Å². The molecule has 0 aliphatic rings. The van der Waals surface area contributed by atoms with E-state index in [1.54, 1.807) is 24.5 Å². The van der Waals surface area contributed by atoms with E-state index in [0.29, 0.717) is 11.5 Å². The van der Waals surface area contributed by atoms with E-state index >= 15 is 0 Å². The van der Waals surface area contributed by atoms with Gasteiger partial charge in [-0.2, -0.15) is 9.97 Å². The van der Waals surface area contributed by atoms with Gasteiger partial charge in [0.15, 0.2) is 5.69 Å². The number of rotatable bonds is 4. The summed E-state index contributed by atoms with van der Waals surface area (Å²) in [5.74, 6) is 1.63. The minimum atomic E-state index is 0.221. The van der Waals surface area contributed by atoms with E-state index < -0.39 is 0 Å². The second-order valence-corrected chi connectivity index (χ2v) is 5.30. The summed E-state index contributed by atoms with van der Waals surface area (Å²) in [6, 6.07) is 17.3. The summed E-state index contributed by atoms with van der Waals surface area (Å²) in [5.41, 5.74) is 6.32. The third kappa shape index (κ3) is 3.18. The SMILES string of the molecule is Nc1c(Oc2cccnc2)ncnc1Oc1ccc2ccccc2c1. The van der Waals surface area contributed by atoms with Crippen LogP contribution in [0.15, 0.2) is 73.3 Å². The van der Waals surface area contributed by atoms with Crippen molar-refractivity contribution in [3.05, 3.63) is 73.3 Å². The molecule has 0 aliphatic heterocycles. The van der Waals surface area contributed by atoms with Crippen molar-refractivity contribution >= 4 is 16.5 Å². The standard InChI is InChI=1S/C19H14N4O2/c20-17-18(22-12-23-19(17)25-16-6-3-9-21-11-16)24-15-8-7-13-4-1-2-5-14(13)10-15/h1-12H,20H2. The molecule has 2 heterocycles. The second kappa shape index (κ2) is 6.45. The number of nitrogens with zero attached hydrogens (tertiary/aromatic N) is 3. The number of anilines is 1. The van der Waals surface area contributed by atoms with Crippen molar-refractivity contribution in [3.8, 4) is 23.3 Å². The second-order valence-electron chi connectivity index (χ2n) is 5.30. The van der Waals surface area contributed by atoms with E-state index in [1.165, 1.54) is 6.33 Å². The molecule has 0 spiro atoms. The molecular weight excluding hydrogens is 316 g/mol. The first-order chi connectivity index (χ1) is 12.3. The van der Waals surface area contributed by atoms with Crippen LogP contribution in [0.1, 0.15) is 0 Å². The van der Waals surface area contributed by atoms with Gasteiger partial charge >= 0.3 is 0 Å². The van der Waals surface area contributed by atoms with Crippen LogP contribution < -0.4 is 15.2 Å². The summed E-state index contributed by atoms with van der Waals surface area (Å²) >= 11 is 0. The highest BCUT2D eigenvalue weighted by atomic mass is 16.5. The number of pyridine rings is 1. The third-order valence-electron chi connectivity index (χ3n) is 3.60. The molecule has 6 heteroatoms. The molecule has 2 aromatic carbocycles. The van der Waals surface area contributed by atoms with Gasteiger partial charge in [0.05, 0.1) is 6.20 Å². The molecular formula is C19H14N4O2. The summed E-state index contributed by atoms with van der Waals surface area (Å²) in [6.07, 6.45) is 4.58. The van der Waals surface area contributed by atoms with Gasteiger partial charge in [-0.05, 0) is 35.0 Å². The molecule has 0 unspecified atom stereocenters. The van der Waals surface area contributed by atoms with Gasteiger partial charge < -0.3 is 15.2 Å². The lowest BCUT2D eigenvalue weighted by Gasteiger charge is -2.11. The average Bonchev–Trinajstić information content (AvgIpc) is 2.66. The predicted molar refractivity (Wildman–Crippen MR) is 94.8 cm³/mol. The highest BCUT2D eigenvalue weighted by Gasteiger charge is 2.12. The first kappa shape index (κ1) is 14.9. The molecule has 0 bridgehead atoms. The van der Waals surface area contributed by atoms with Crippen molar-refractivity contribution in [3.63, 3.8) is 0 Å². The van der Waals surface area contributed by atoms with Crippen molar-refractivity contribution < 1.29 is 9.47 Å². The fraction of sp³-hybridized carbons (Fsp3) is 0. The van der Waals surface area contributed by atoms with E-state index in [4.69, 9.17) is 15.2 Å². The molecule has 0 radical (unpaired) electrons. The fourth-order valence-electron chi connectivity index (χ4n) is 2.39. The predicted octanol–water partition coefficient (Wildman–Crippen LogP) is 4.19. The molecule has 0 fully saturated rings. The van der Waals surface area contributed by atoms with Crippen molar-refractivity contribution in [2.45, 2.75) is 0 Å². The summed E-state index contributed by atoms with van der Waals surface area (Å²) in [4.78, 5) is 12.2. The third-order valence-corrected chi connectivity index (χ3v) is 3.60. The summed E-state index contributed by atoms with van der Waals surface area (Å²) < 4.78 is 11.5. The summed E-state index contributed by atoms with van der Waals surface area (Å²) in [7, 11) is 0. The first-order valence-electron chi connectivity index (χ1n) is 7.64. The van der Waals surface area contributed by atoms with Gasteiger partial charge in [-0.1, -0.05) is 30.3 Å². The quantitative estimate of drug-likeness (QED) is 0.604. The number of hydrogen-bond acceptors (Lipinski definition) is 6. The highest BCUT2D eigenvalue weighted by Crippen LogP contribution is 2.33. The van der Waals surface area contributed by atoms with Crippen LogP contribution in [0.3, 0.4) is 0 Å². The van der Waals surface area contributed by atoms with Crippen LogP contribution in [0.25, 0.3) is 10.8 Å². The lowest BCUT2D eigenvalue weighted by molar-refractivity contribution is 0.437. The van der Waals surface area contributed by atoms with E-state index in [9.17, 15) is 0 Å². The number of aromatic nitrogens is 3.